The van der Waals surface area contributed by atoms with Gasteiger partial charge in [-0.1, -0.05) is 11.8 Å². The highest BCUT2D eigenvalue weighted by molar-refractivity contribution is 5.35. The van der Waals surface area contributed by atoms with Gasteiger partial charge in [-0.25, -0.2) is 0 Å². The molecule has 0 aromatic carbocycles. The molecule has 7 heteroatoms. The summed E-state index contributed by atoms with van der Waals surface area (Å²) in [7, 11) is 0. The summed E-state index contributed by atoms with van der Waals surface area (Å²) < 4.78 is 5.32. The van der Waals surface area contributed by atoms with Crippen molar-refractivity contribution in [3.63, 3.8) is 0 Å². The number of hydrogen-bond donors (Lipinski definition) is 5. The van der Waals surface area contributed by atoms with Crippen molar-refractivity contribution in [3.05, 3.63) is 33.7 Å². The third-order valence-corrected chi connectivity index (χ3v) is 3.12. The molecular weight excluding hydrogens is 264 g/mol. The van der Waals surface area contributed by atoms with E-state index in [-0.39, 0.29) is 12.1 Å². The maximum atomic E-state index is 11.8. The van der Waals surface area contributed by atoms with Gasteiger partial charge in [-0.3, -0.25) is 4.79 Å². The summed E-state index contributed by atoms with van der Waals surface area (Å²) >= 11 is 0. The van der Waals surface area contributed by atoms with Crippen LogP contribution in [0.15, 0.2) is 17.1 Å². The summed E-state index contributed by atoms with van der Waals surface area (Å²) in [5.74, 6) is 5.40. The van der Waals surface area contributed by atoms with E-state index in [9.17, 15) is 15.0 Å². The smallest absolute Gasteiger partial charge is 0.253 e. The molecule has 20 heavy (non-hydrogen) atoms. The minimum absolute atomic E-state index is 0.149. The highest BCUT2D eigenvalue weighted by Crippen LogP contribution is 2.31. The average molecular weight is 280 g/mol. The molecule has 0 spiro atoms. The Morgan fingerprint density at radius 1 is 1.40 bits per heavy atom. The van der Waals surface area contributed by atoms with E-state index in [1.165, 1.54) is 12.3 Å². The first-order valence-corrected chi connectivity index (χ1v) is 6.12. The Kier molecular flexibility index (Phi) is 4.54. The Labute approximate surface area is 115 Å². The number of aromatic amines is 1. The molecule has 0 amide bonds. The van der Waals surface area contributed by atoms with Crippen molar-refractivity contribution in [1.82, 2.24) is 4.98 Å². The molecule has 108 valence electrons. The van der Waals surface area contributed by atoms with Crippen molar-refractivity contribution in [2.45, 2.75) is 24.4 Å². The monoisotopic (exact) mass is 280 g/mol. The van der Waals surface area contributed by atoms with Gasteiger partial charge in [-0.15, -0.1) is 0 Å². The summed E-state index contributed by atoms with van der Waals surface area (Å²) in [5, 5.41) is 28.6. The number of ether oxygens (including phenoxy) is 1. The van der Waals surface area contributed by atoms with E-state index in [4.69, 9.17) is 15.6 Å². The summed E-state index contributed by atoms with van der Waals surface area (Å²) in [6.07, 6.45) is -3.04. The molecule has 1 aliphatic rings. The maximum absolute atomic E-state index is 11.8. The minimum atomic E-state index is -1.29. The van der Waals surface area contributed by atoms with Crippen LogP contribution >= 0.6 is 0 Å². The summed E-state index contributed by atoms with van der Waals surface area (Å²) in [5.41, 5.74) is 5.49. The zero-order valence-electron chi connectivity index (χ0n) is 10.6. The number of hydrogen-bond acceptors (Lipinski definition) is 6. The summed E-state index contributed by atoms with van der Waals surface area (Å²) in [4.78, 5) is 14.3. The fraction of sp³-hybridized carbons (Fsp3) is 0.462. The second-order valence-corrected chi connectivity index (χ2v) is 4.44. The van der Waals surface area contributed by atoms with Gasteiger partial charge >= 0.3 is 0 Å². The van der Waals surface area contributed by atoms with Crippen LogP contribution in [0.5, 0.6) is 0 Å². The molecule has 6 N–H and O–H groups in total. The first kappa shape index (κ1) is 14.7. The lowest BCUT2D eigenvalue weighted by atomic mass is 10.0. The van der Waals surface area contributed by atoms with Crippen LogP contribution in [0.2, 0.25) is 0 Å². The quantitative estimate of drug-likeness (QED) is 0.392. The van der Waals surface area contributed by atoms with Gasteiger partial charge in [0.25, 0.3) is 5.56 Å². The predicted molar refractivity (Wildman–Crippen MR) is 69.7 cm³/mol. The maximum Gasteiger partial charge on any atom is 0.253 e. The molecule has 2 rings (SSSR count). The molecule has 2 heterocycles. The van der Waals surface area contributed by atoms with E-state index in [0.29, 0.717) is 5.56 Å². The molecule has 1 aromatic rings. The summed E-state index contributed by atoms with van der Waals surface area (Å²) in [6, 6.07) is 1.47. The van der Waals surface area contributed by atoms with Crippen LogP contribution in [-0.2, 0) is 4.74 Å². The molecule has 0 unspecified atom stereocenters. The molecule has 0 aliphatic carbocycles. The standard InChI is InChI=1S/C13H16N2O5/c14-3-1-2-7-4-8(13(19)15-5-7)12-11(18)10(17)9(6-16)20-12/h4-5,9-12,16-18H,3,6,14H2,(H,15,19)/t9-,10-,11-,12+/m1/s1. The summed E-state index contributed by atoms with van der Waals surface area (Å²) in [6.45, 7) is -0.262. The van der Waals surface area contributed by atoms with Crippen molar-refractivity contribution in [2.75, 3.05) is 13.2 Å². The minimum Gasteiger partial charge on any atom is -0.394 e. The third kappa shape index (κ3) is 2.75. The van der Waals surface area contributed by atoms with E-state index in [1.807, 2.05) is 0 Å². The molecule has 1 fully saturated rings. The van der Waals surface area contributed by atoms with Crippen LogP contribution in [0.1, 0.15) is 17.2 Å². The van der Waals surface area contributed by atoms with Crippen LogP contribution in [0.3, 0.4) is 0 Å². The molecule has 1 aromatic heterocycles. The molecule has 1 saturated heterocycles. The van der Waals surface area contributed by atoms with Crippen molar-refractivity contribution in [3.8, 4) is 11.8 Å². The van der Waals surface area contributed by atoms with Gasteiger partial charge in [0.2, 0.25) is 0 Å². The lowest BCUT2D eigenvalue weighted by Crippen LogP contribution is -2.33. The Balaban J connectivity index is 2.35. The average Bonchev–Trinajstić information content (AvgIpc) is 2.74. The van der Waals surface area contributed by atoms with Crippen LogP contribution in [0.4, 0.5) is 0 Å². The van der Waals surface area contributed by atoms with Gasteiger partial charge in [0.05, 0.1) is 13.2 Å². The highest BCUT2D eigenvalue weighted by atomic mass is 16.6. The lowest BCUT2D eigenvalue weighted by Gasteiger charge is -2.14. The largest absolute Gasteiger partial charge is 0.394 e. The first-order valence-electron chi connectivity index (χ1n) is 6.12. The van der Waals surface area contributed by atoms with E-state index in [2.05, 4.69) is 16.8 Å². The lowest BCUT2D eigenvalue weighted by molar-refractivity contribution is -0.0231. The molecular formula is C13H16N2O5. The molecule has 0 radical (unpaired) electrons. The SMILES string of the molecule is NCC#Cc1c[nH]c(=O)c([C@@H]2O[C@H](CO)[C@@H](O)[C@H]2O)c1. The number of nitrogens with two attached hydrogens (primary N) is 1. The Morgan fingerprint density at radius 3 is 2.75 bits per heavy atom. The van der Waals surface area contributed by atoms with Crippen LogP contribution in [0, 0.1) is 11.8 Å². The molecule has 1 aliphatic heterocycles. The van der Waals surface area contributed by atoms with Crippen LogP contribution < -0.4 is 11.3 Å². The van der Waals surface area contributed by atoms with Crippen molar-refractivity contribution < 1.29 is 20.1 Å². The highest BCUT2D eigenvalue weighted by Gasteiger charge is 2.43. The molecule has 7 nitrogen and oxygen atoms in total. The van der Waals surface area contributed by atoms with E-state index >= 15 is 0 Å². The predicted octanol–water partition coefficient (Wildman–Crippen LogP) is -2.16. The number of aromatic nitrogens is 1. The van der Waals surface area contributed by atoms with Gasteiger partial charge in [0, 0.05) is 17.3 Å². The zero-order valence-corrected chi connectivity index (χ0v) is 10.6. The first-order chi connectivity index (χ1) is 9.58. The molecule has 4 atom stereocenters. The van der Waals surface area contributed by atoms with E-state index in [1.54, 1.807) is 0 Å². The number of aliphatic hydroxyl groups excluding tert-OH is 3. The van der Waals surface area contributed by atoms with Crippen molar-refractivity contribution >= 4 is 0 Å². The third-order valence-electron chi connectivity index (χ3n) is 3.12. The Bertz CT molecular complexity index is 588. The topological polar surface area (TPSA) is 129 Å². The zero-order chi connectivity index (χ0) is 14.7. The number of pyridine rings is 1. The van der Waals surface area contributed by atoms with Gasteiger partial charge in [-0.05, 0) is 6.07 Å². The van der Waals surface area contributed by atoms with E-state index < -0.39 is 36.6 Å². The number of rotatable bonds is 2. The molecule has 0 saturated carbocycles. The molecule has 0 bridgehead atoms. The fourth-order valence-corrected chi connectivity index (χ4v) is 2.09. The van der Waals surface area contributed by atoms with Crippen LogP contribution in [0.25, 0.3) is 0 Å². The van der Waals surface area contributed by atoms with Crippen molar-refractivity contribution in [1.29, 1.82) is 0 Å². The Hall–Kier alpha value is -1.69. The van der Waals surface area contributed by atoms with Gasteiger partial charge in [-0.2, -0.15) is 0 Å². The fourth-order valence-electron chi connectivity index (χ4n) is 2.09. The Morgan fingerprint density at radius 2 is 2.15 bits per heavy atom. The second kappa shape index (κ2) is 6.17. The van der Waals surface area contributed by atoms with Gasteiger partial charge in [0.1, 0.15) is 24.4 Å². The van der Waals surface area contributed by atoms with Gasteiger partial charge < -0.3 is 30.8 Å². The van der Waals surface area contributed by atoms with Crippen molar-refractivity contribution in [2.24, 2.45) is 5.73 Å². The number of nitrogens with one attached hydrogen (secondary N) is 1. The number of H-pyrrole nitrogens is 1. The normalized spacial score (nSPS) is 29.0. The van der Waals surface area contributed by atoms with E-state index in [0.717, 1.165) is 0 Å². The van der Waals surface area contributed by atoms with Gasteiger partial charge in [0.15, 0.2) is 0 Å². The number of aliphatic hydroxyl groups is 3. The second-order valence-electron chi connectivity index (χ2n) is 4.44. The van der Waals surface area contributed by atoms with Crippen LogP contribution in [-0.4, -0.2) is 51.8 Å².